The average molecular weight is 118 g/mol. The largest absolute Gasteiger partial charge is 0.315 e. The van der Waals surface area contributed by atoms with Gasteiger partial charge in [-0.05, 0) is 13.0 Å². The molecule has 0 aromatic carbocycles. The molecule has 1 heterocycles. The Bertz CT molecular complexity index is 51.7. The molecule has 1 atom stereocenters. The maximum atomic E-state index is 3.93. The van der Waals surface area contributed by atoms with Gasteiger partial charge in [0.2, 0.25) is 0 Å². The summed E-state index contributed by atoms with van der Waals surface area (Å²) in [6.45, 7) is 2.21. The zero-order valence-corrected chi connectivity index (χ0v) is 5.04. The lowest BCUT2D eigenvalue weighted by Gasteiger charge is -2.01. The van der Waals surface area contributed by atoms with Crippen LogP contribution < -0.4 is 10.0 Å². The van der Waals surface area contributed by atoms with E-state index in [0.29, 0.717) is 6.04 Å². The highest BCUT2D eigenvalue weighted by atomic mass is 32.1. The van der Waals surface area contributed by atoms with Gasteiger partial charge in [-0.3, -0.25) is 4.72 Å². The molecule has 2 N–H and O–H groups in total. The van der Waals surface area contributed by atoms with Gasteiger partial charge in [-0.15, -0.1) is 0 Å². The Labute approximate surface area is 49.2 Å². The SMILES string of the molecule is SNC1CCNC1. The summed E-state index contributed by atoms with van der Waals surface area (Å²) in [5.41, 5.74) is 0. The van der Waals surface area contributed by atoms with Crippen molar-refractivity contribution in [2.45, 2.75) is 12.5 Å². The molecule has 1 rings (SSSR count). The molecule has 0 aliphatic carbocycles. The summed E-state index contributed by atoms with van der Waals surface area (Å²) < 4.78 is 2.90. The molecular weight excluding hydrogens is 108 g/mol. The van der Waals surface area contributed by atoms with E-state index in [1.807, 2.05) is 0 Å². The fraction of sp³-hybridized carbons (Fsp3) is 1.00. The fourth-order valence-electron chi connectivity index (χ4n) is 0.765. The van der Waals surface area contributed by atoms with Crippen LogP contribution in [0.4, 0.5) is 0 Å². The molecule has 0 spiro atoms. The summed E-state index contributed by atoms with van der Waals surface area (Å²) in [7, 11) is 0. The number of hydrogen-bond acceptors (Lipinski definition) is 3. The van der Waals surface area contributed by atoms with Gasteiger partial charge in [0.1, 0.15) is 0 Å². The van der Waals surface area contributed by atoms with E-state index in [0.717, 1.165) is 13.1 Å². The number of rotatable bonds is 1. The normalized spacial score (nSPS) is 31.3. The predicted molar refractivity (Wildman–Crippen MR) is 33.4 cm³/mol. The third-order valence-corrected chi connectivity index (χ3v) is 1.61. The van der Waals surface area contributed by atoms with Crippen molar-refractivity contribution in [3.05, 3.63) is 0 Å². The topological polar surface area (TPSA) is 24.1 Å². The van der Waals surface area contributed by atoms with E-state index in [4.69, 9.17) is 0 Å². The Balaban J connectivity index is 2.14. The Morgan fingerprint density at radius 1 is 1.71 bits per heavy atom. The van der Waals surface area contributed by atoms with Crippen LogP contribution in [0.5, 0.6) is 0 Å². The quantitative estimate of drug-likeness (QED) is 0.415. The second kappa shape index (κ2) is 2.55. The molecule has 1 aliphatic heterocycles. The van der Waals surface area contributed by atoms with Gasteiger partial charge in [0.15, 0.2) is 0 Å². The molecule has 1 saturated heterocycles. The zero-order chi connectivity index (χ0) is 5.11. The lowest BCUT2D eigenvalue weighted by Crippen LogP contribution is -2.22. The van der Waals surface area contributed by atoms with Crippen molar-refractivity contribution in [1.29, 1.82) is 0 Å². The summed E-state index contributed by atoms with van der Waals surface area (Å²) in [4.78, 5) is 0. The van der Waals surface area contributed by atoms with E-state index >= 15 is 0 Å². The Hall–Kier alpha value is 0.270. The van der Waals surface area contributed by atoms with E-state index in [9.17, 15) is 0 Å². The van der Waals surface area contributed by atoms with Crippen LogP contribution in [0.2, 0.25) is 0 Å². The molecule has 1 aliphatic rings. The number of thiol groups is 1. The monoisotopic (exact) mass is 118 g/mol. The minimum atomic E-state index is 0.600. The smallest absolute Gasteiger partial charge is 0.0306 e. The fourth-order valence-corrected chi connectivity index (χ4v) is 0.985. The summed E-state index contributed by atoms with van der Waals surface area (Å²) >= 11 is 3.93. The van der Waals surface area contributed by atoms with Crippen LogP contribution in [0.15, 0.2) is 0 Å². The molecular formula is C4H10N2S. The molecule has 42 valence electrons. The Morgan fingerprint density at radius 2 is 2.57 bits per heavy atom. The number of nitrogens with one attached hydrogen (secondary N) is 2. The molecule has 0 amide bonds. The van der Waals surface area contributed by atoms with Gasteiger partial charge in [-0.1, -0.05) is 12.8 Å². The van der Waals surface area contributed by atoms with Gasteiger partial charge in [0.25, 0.3) is 0 Å². The van der Waals surface area contributed by atoms with Gasteiger partial charge in [0, 0.05) is 12.6 Å². The first-order chi connectivity index (χ1) is 3.43. The van der Waals surface area contributed by atoms with Crippen LogP contribution in [-0.4, -0.2) is 19.1 Å². The van der Waals surface area contributed by atoms with E-state index in [1.54, 1.807) is 0 Å². The molecule has 3 heteroatoms. The van der Waals surface area contributed by atoms with Crippen molar-refractivity contribution in [2.24, 2.45) is 0 Å². The van der Waals surface area contributed by atoms with Crippen LogP contribution in [0, 0.1) is 0 Å². The third-order valence-electron chi connectivity index (χ3n) is 1.24. The Kier molecular flexibility index (Phi) is 1.97. The lowest BCUT2D eigenvalue weighted by atomic mass is 10.3. The van der Waals surface area contributed by atoms with Gasteiger partial charge in [0.05, 0.1) is 0 Å². The average Bonchev–Trinajstić information content (AvgIpc) is 2.14. The molecule has 0 saturated carbocycles. The molecule has 0 radical (unpaired) electrons. The minimum absolute atomic E-state index is 0.600. The summed E-state index contributed by atoms with van der Waals surface area (Å²) in [5.74, 6) is 0. The second-order valence-electron chi connectivity index (χ2n) is 1.82. The predicted octanol–water partition coefficient (Wildman–Crippen LogP) is -0.217. The molecule has 1 fully saturated rings. The van der Waals surface area contributed by atoms with Crippen molar-refractivity contribution < 1.29 is 0 Å². The highest BCUT2D eigenvalue weighted by Crippen LogP contribution is 1.95. The van der Waals surface area contributed by atoms with Gasteiger partial charge >= 0.3 is 0 Å². The third kappa shape index (κ3) is 1.33. The summed E-state index contributed by atoms with van der Waals surface area (Å²) in [5, 5.41) is 3.21. The van der Waals surface area contributed by atoms with Crippen molar-refractivity contribution >= 4 is 12.8 Å². The van der Waals surface area contributed by atoms with E-state index < -0.39 is 0 Å². The second-order valence-corrected chi connectivity index (χ2v) is 2.08. The van der Waals surface area contributed by atoms with E-state index in [-0.39, 0.29) is 0 Å². The summed E-state index contributed by atoms with van der Waals surface area (Å²) in [6, 6.07) is 0.600. The molecule has 2 nitrogen and oxygen atoms in total. The minimum Gasteiger partial charge on any atom is -0.315 e. The van der Waals surface area contributed by atoms with Gasteiger partial charge < -0.3 is 5.32 Å². The van der Waals surface area contributed by atoms with E-state index in [1.165, 1.54) is 6.42 Å². The van der Waals surface area contributed by atoms with Crippen LogP contribution in [0.25, 0.3) is 0 Å². The van der Waals surface area contributed by atoms with Crippen LogP contribution in [0.1, 0.15) is 6.42 Å². The zero-order valence-electron chi connectivity index (χ0n) is 4.15. The first-order valence-electron chi connectivity index (χ1n) is 2.54. The molecule has 7 heavy (non-hydrogen) atoms. The maximum absolute atomic E-state index is 3.93. The van der Waals surface area contributed by atoms with Crippen LogP contribution in [0.3, 0.4) is 0 Å². The van der Waals surface area contributed by atoms with Gasteiger partial charge in [-0.25, -0.2) is 0 Å². The maximum Gasteiger partial charge on any atom is 0.0306 e. The highest BCUT2D eigenvalue weighted by molar-refractivity contribution is 7.78. The number of hydrogen-bond donors (Lipinski definition) is 3. The molecule has 0 aromatic heterocycles. The molecule has 0 bridgehead atoms. The summed E-state index contributed by atoms with van der Waals surface area (Å²) in [6.07, 6.45) is 1.21. The van der Waals surface area contributed by atoms with Crippen LogP contribution in [-0.2, 0) is 0 Å². The molecule has 0 aromatic rings. The Morgan fingerprint density at radius 3 is 2.86 bits per heavy atom. The first kappa shape index (κ1) is 5.41. The standard InChI is InChI=1S/C4H10N2S/c7-6-4-1-2-5-3-4/h4-7H,1-3H2. The van der Waals surface area contributed by atoms with E-state index in [2.05, 4.69) is 22.9 Å². The van der Waals surface area contributed by atoms with Crippen molar-refractivity contribution in [1.82, 2.24) is 10.0 Å². The van der Waals surface area contributed by atoms with Crippen molar-refractivity contribution in [3.63, 3.8) is 0 Å². The lowest BCUT2D eigenvalue weighted by molar-refractivity contribution is 0.696. The van der Waals surface area contributed by atoms with Crippen molar-refractivity contribution in [3.8, 4) is 0 Å². The highest BCUT2D eigenvalue weighted by Gasteiger charge is 2.10. The first-order valence-corrected chi connectivity index (χ1v) is 2.98. The molecule has 1 unspecified atom stereocenters. The van der Waals surface area contributed by atoms with Crippen molar-refractivity contribution in [2.75, 3.05) is 13.1 Å². The van der Waals surface area contributed by atoms with Crippen LogP contribution >= 0.6 is 12.8 Å². The van der Waals surface area contributed by atoms with Gasteiger partial charge in [-0.2, -0.15) is 0 Å².